The maximum atomic E-state index is 5.95. The highest BCUT2D eigenvalue weighted by Crippen LogP contribution is 2.33. The molecular formula is C15H14N4O. The summed E-state index contributed by atoms with van der Waals surface area (Å²) in [5.41, 5.74) is 13.1. The minimum Gasteiger partial charge on any atom is -0.496 e. The average Bonchev–Trinajstić information content (AvgIpc) is 2.46. The second kappa shape index (κ2) is 4.70. The zero-order chi connectivity index (χ0) is 14.1. The van der Waals surface area contributed by atoms with E-state index in [1.54, 1.807) is 19.4 Å². The number of hydrogen-bond acceptors (Lipinski definition) is 5. The number of rotatable bonds is 2. The minimum atomic E-state index is 0.368. The number of hydrogen-bond donors (Lipinski definition) is 2. The van der Waals surface area contributed by atoms with E-state index in [2.05, 4.69) is 9.97 Å². The Kier molecular flexibility index (Phi) is 2.87. The highest BCUT2D eigenvalue weighted by Gasteiger charge is 2.11. The number of anilines is 2. The lowest BCUT2D eigenvalue weighted by Gasteiger charge is -2.10. The number of nitrogens with zero attached hydrogens (tertiary/aromatic N) is 2. The van der Waals surface area contributed by atoms with Gasteiger partial charge in [0, 0.05) is 22.5 Å². The van der Waals surface area contributed by atoms with Gasteiger partial charge in [0.1, 0.15) is 17.4 Å². The van der Waals surface area contributed by atoms with Gasteiger partial charge in [-0.25, -0.2) is 4.98 Å². The van der Waals surface area contributed by atoms with Crippen molar-refractivity contribution in [3.8, 4) is 17.0 Å². The summed E-state index contributed by atoms with van der Waals surface area (Å²) >= 11 is 0. The first-order valence-electron chi connectivity index (χ1n) is 6.15. The van der Waals surface area contributed by atoms with Crippen LogP contribution in [0, 0.1) is 0 Å². The number of nitrogen functional groups attached to an aromatic ring is 2. The van der Waals surface area contributed by atoms with Gasteiger partial charge in [0.2, 0.25) is 0 Å². The molecular weight excluding hydrogens is 252 g/mol. The molecule has 2 aromatic heterocycles. The van der Waals surface area contributed by atoms with E-state index in [9.17, 15) is 0 Å². The van der Waals surface area contributed by atoms with E-state index in [-0.39, 0.29) is 0 Å². The maximum Gasteiger partial charge on any atom is 0.135 e. The van der Waals surface area contributed by atoms with Crippen molar-refractivity contribution in [1.82, 2.24) is 9.97 Å². The lowest BCUT2D eigenvalue weighted by Crippen LogP contribution is -1.99. The third kappa shape index (κ3) is 1.89. The summed E-state index contributed by atoms with van der Waals surface area (Å²) in [6.45, 7) is 0. The van der Waals surface area contributed by atoms with Crippen molar-refractivity contribution in [2.45, 2.75) is 0 Å². The fraction of sp³-hybridized carbons (Fsp3) is 0.0667. The van der Waals surface area contributed by atoms with Crippen LogP contribution in [0.5, 0.6) is 5.75 Å². The Labute approximate surface area is 116 Å². The summed E-state index contributed by atoms with van der Waals surface area (Å²) in [6.07, 6.45) is 1.73. The van der Waals surface area contributed by atoms with Crippen molar-refractivity contribution < 1.29 is 4.74 Å². The van der Waals surface area contributed by atoms with Crippen molar-refractivity contribution >= 4 is 22.4 Å². The van der Waals surface area contributed by atoms with Crippen LogP contribution in [-0.2, 0) is 0 Å². The summed E-state index contributed by atoms with van der Waals surface area (Å²) < 4.78 is 5.37. The van der Waals surface area contributed by atoms with Crippen LogP contribution in [0.15, 0.2) is 42.6 Å². The summed E-state index contributed by atoms with van der Waals surface area (Å²) in [7, 11) is 1.65. The van der Waals surface area contributed by atoms with E-state index < -0.39 is 0 Å². The predicted molar refractivity (Wildman–Crippen MR) is 80.4 cm³/mol. The number of fused-ring (bicyclic) bond motifs is 1. The SMILES string of the molecule is COc1cccc2c(-c3ccc(N)nc3N)nccc12. The van der Waals surface area contributed by atoms with Crippen LogP contribution in [0.25, 0.3) is 22.0 Å². The third-order valence-electron chi connectivity index (χ3n) is 3.19. The summed E-state index contributed by atoms with van der Waals surface area (Å²) in [6, 6.07) is 11.3. The molecule has 0 amide bonds. The monoisotopic (exact) mass is 266 g/mol. The second-order valence-corrected chi connectivity index (χ2v) is 4.38. The van der Waals surface area contributed by atoms with Crippen LogP contribution < -0.4 is 16.2 Å². The zero-order valence-electron chi connectivity index (χ0n) is 11.0. The molecule has 0 saturated heterocycles. The number of aromatic nitrogens is 2. The summed E-state index contributed by atoms with van der Waals surface area (Å²) in [4.78, 5) is 8.51. The van der Waals surface area contributed by atoms with E-state index in [0.717, 1.165) is 27.8 Å². The average molecular weight is 266 g/mol. The lowest BCUT2D eigenvalue weighted by molar-refractivity contribution is 0.420. The van der Waals surface area contributed by atoms with Gasteiger partial charge in [-0.05, 0) is 24.3 Å². The van der Waals surface area contributed by atoms with Gasteiger partial charge in [-0.3, -0.25) is 4.98 Å². The summed E-state index contributed by atoms with van der Waals surface area (Å²) in [5.74, 6) is 1.56. The lowest BCUT2D eigenvalue weighted by atomic mass is 10.0. The first kappa shape index (κ1) is 12.2. The van der Waals surface area contributed by atoms with Crippen molar-refractivity contribution in [2.24, 2.45) is 0 Å². The van der Waals surface area contributed by atoms with Crippen LogP contribution in [0.3, 0.4) is 0 Å². The molecule has 4 N–H and O–H groups in total. The number of nitrogens with two attached hydrogens (primary N) is 2. The molecule has 5 heteroatoms. The fourth-order valence-electron chi connectivity index (χ4n) is 2.26. The molecule has 100 valence electrons. The Hall–Kier alpha value is -2.82. The molecule has 5 nitrogen and oxygen atoms in total. The van der Waals surface area contributed by atoms with Crippen molar-refractivity contribution in [3.63, 3.8) is 0 Å². The Morgan fingerprint density at radius 2 is 1.85 bits per heavy atom. The molecule has 0 fully saturated rings. The number of pyridine rings is 2. The minimum absolute atomic E-state index is 0.368. The van der Waals surface area contributed by atoms with Gasteiger partial charge in [-0.1, -0.05) is 12.1 Å². The molecule has 0 spiro atoms. The van der Waals surface area contributed by atoms with E-state index in [1.165, 1.54) is 0 Å². The Balaban J connectivity index is 2.31. The Morgan fingerprint density at radius 3 is 2.60 bits per heavy atom. The topological polar surface area (TPSA) is 87.0 Å². The van der Waals surface area contributed by atoms with E-state index in [1.807, 2.05) is 30.3 Å². The summed E-state index contributed by atoms with van der Waals surface area (Å²) in [5, 5.41) is 1.95. The zero-order valence-corrected chi connectivity index (χ0v) is 11.0. The third-order valence-corrected chi connectivity index (χ3v) is 3.19. The number of ether oxygens (including phenoxy) is 1. The first-order valence-corrected chi connectivity index (χ1v) is 6.15. The molecule has 0 unspecified atom stereocenters. The Bertz CT molecular complexity index is 786. The van der Waals surface area contributed by atoms with Gasteiger partial charge in [0.15, 0.2) is 0 Å². The largest absolute Gasteiger partial charge is 0.496 e. The van der Waals surface area contributed by atoms with E-state index in [4.69, 9.17) is 16.2 Å². The van der Waals surface area contributed by atoms with Crippen LogP contribution in [0.4, 0.5) is 11.6 Å². The molecule has 1 aromatic carbocycles. The van der Waals surface area contributed by atoms with Crippen molar-refractivity contribution in [3.05, 3.63) is 42.6 Å². The van der Waals surface area contributed by atoms with Crippen molar-refractivity contribution in [1.29, 1.82) is 0 Å². The molecule has 2 heterocycles. The predicted octanol–water partition coefficient (Wildman–Crippen LogP) is 2.47. The standard InChI is InChI=1S/C15H14N4O/c1-20-12-4-2-3-10-9(12)7-8-18-14(10)11-5-6-13(16)19-15(11)17/h2-8H,1H3,(H4,16,17,19). The number of benzene rings is 1. The van der Waals surface area contributed by atoms with Crippen molar-refractivity contribution in [2.75, 3.05) is 18.6 Å². The van der Waals surface area contributed by atoms with Gasteiger partial charge in [-0.15, -0.1) is 0 Å². The molecule has 0 radical (unpaired) electrons. The van der Waals surface area contributed by atoms with Crippen LogP contribution in [-0.4, -0.2) is 17.1 Å². The van der Waals surface area contributed by atoms with E-state index in [0.29, 0.717) is 11.6 Å². The molecule has 0 aliphatic heterocycles. The highest BCUT2D eigenvalue weighted by atomic mass is 16.5. The van der Waals surface area contributed by atoms with Crippen LogP contribution >= 0.6 is 0 Å². The Morgan fingerprint density at radius 1 is 1.00 bits per heavy atom. The smallest absolute Gasteiger partial charge is 0.135 e. The maximum absolute atomic E-state index is 5.95. The molecule has 3 rings (SSSR count). The second-order valence-electron chi connectivity index (χ2n) is 4.38. The molecule has 0 aliphatic rings. The highest BCUT2D eigenvalue weighted by molar-refractivity contribution is 5.99. The first-order chi connectivity index (χ1) is 9.70. The molecule has 20 heavy (non-hydrogen) atoms. The van der Waals surface area contributed by atoms with Crippen LogP contribution in [0.1, 0.15) is 0 Å². The molecule has 0 aliphatic carbocycles. The van der Waals surface area contributed by atoms with Gasteiger partial charge < -0.3 is 16.2 Å². The normalized spacial score (nSPS) is 10.7. The van der Waals surface area contributed by atoms with E-state index >= 15 is 0 Å². The fourth-order valence-corrected chi connectivity index (χ4v) is 2.26. The molecule has 0 atom stereocenters. The quantitative estimate of drug-likeness (QED) is 0.744. The van der Waals surface area contributed by atoms with Gasteiger partial charge >= 0.3 is 0 Å². The number of methoxy groups -OCH3 is 1. The molecule has 0 saturated carbocycles. The van der Waals surface area contributed by atoms with Crippen LogP contribution in [0.2, 0.25) is 0 Å². The van der Waals surface area contributed by atoms with Gasteiger partial charge in [-0.2, -0.15) is 0 Å². The van der Waals surface area contributed by atoms with Gasteiger partial charge in [0.25, 0.3) is 0 Å². The molecule has 3 aromatic rings. The van der Waals surface area contributed by atoms with Gasteiger partial charge in [0.05, 0.1) is 12.8 Å². The molecule has 0 bridgehead atoms.